The first-order chi connectivity index (χ1) is 14.9. The molecular weight excluding hydrogens is 434 g/mol. The normalized spacial score (nSPS) is 19.5. The lowest BCUT2D eigenvalue weighted by Crippen LogP contribution is -2.46. The molecule has 0 amide bonds. The maximum atomic E-state index is 13.6. The summed E-state index contributed by atoms with van der Waals surface area (Å²) in [6, 6.07) is 24.4. The maximum Gasteiger partial charge on any atom is 0.256 e. The van der Waals surface area contributed by atoms with E-state index in [0.717, 1.165) is 5.56 Å². The van der Waals surface area contributed by atoms with Crippen LogP contribution in [0.25, 0.3) is 0 Å². The number of benzene rings is 3. The van der Waals surface area contributed by atoms with Crippen molar-refractivity contribution in [2.75, 3.05) is 13.2 Å². The molecule has 0 aliphatic carbocycles. The minimum Gasteiger partial charge on any atom is -0.369 e. The van der Waals surface area contributed by atoms with Crippen LogP contribution in [0.4, 0.5) is 0 Å². The quantitative estimate of drug-likeness (QED) is 0.540. The van der Waals surface area contributed by atoms with Crippen molar-refractivity contribution < 1.29 is 21.6 Å². The van der Waals surface area contributed by atoms with Gasteiger partial charge in [0.25, 0.3) is 20.0 Å². The maximum absolute atomic E-state index is 13.6. The molecule has 1 fully saturated rings. The van der Waals surface area contributed by atoms with Crippen molar-refractivity contribution in [2.45, 2.75) is 28.2 Å². The molecule has 3 aromatic rings. The molecule has 8 heteroatoms. The van der Waals surface area contributed by atoms with E-state index in [1.807, 2.05) is 30.3 Å². The van der Waals surface area contributed by atoms with E-state index in [1.165, 1.54) is 24.3 Å². The average molecular weight is 458 g/mol. The molecule has 0 saturated carbocycles. The predicted octanol–water partition coefficient (Wildman–Crippen LogP) is 3.77. The summed E-state index contributed by atoms with van der Waals surface area (Å²) >= 11 is 0. The smallest absolute Gasteiger partial charge is 0.256 e. The van der Waals surface area contributed by atoms with E-state index in [1.54, 1.807) is 36.4 Å². The number of sulfonamides is 2. The summed E-state index contributed by atoms with van der Waals surface area (Å²) in [5.41, 5.74) is -0.297. The first-order valence-electron chi connectivity index (χ1n) is 9.94. The van der Waals surface area contributed by atoms with Crippen molar-refractivity contribution in [2.24, 2.45) is 0 Å². The molecule has 4 rings (SSSR count). The Morgan fingerprint density at radius 2 is 1.16 bits per heavy atom. The van der Waals surface area contributed by atoms with Crippen LogP contribution in [0.3, 0.4) is 0 Å². The highest BCUT2D eigenvalue weighted by Gasteiger charge is 2.46. The van der Waals surface area contributed by atoms with Crippen molar-refractivity contribution in [3.63, 3.8) is 0 Å². The molecule has 31 heavy (non-hydrogen) atoms. The third kappa shape index (κ3) is 4.16. The van der Waals surface area contributed by atoms with Crippen LogP contribution in [-0.4, -0.2) is 33.7 Å². The molecule has 0 spiro atoms. The van der Waals surface area contributed by atoms with Crippen LogP contribution in [0, 0.1) is 0 Å². The zero-order valence-electron chi connectivity index (χ0n) is 16.8. The summed E-state index contributed by atoms with van der Waals surface area (Å²) in [6.45, 7) is 0.0883. The first-order valence-corrected chi connectivity index (χ1v) is 12.8. The molecule has 3 aromatic carbocycles. The van der Waals surface area contributed by atoms with Crippen molar-refractivity contribution >= 4 is 20.0 Å². The van der Waals surface area contributed by atoms with Crippen LogP contribution in [0.5, 0.6) is 0 Å². The van der Waals surface area contributed by atoms with Gasteiger partial charge in [0, 0.05) is 6.61 Å². The third-order valence-corrected chi connectivity index (χ3v) is 9.65. The minimum absolute atomic E-state index is 0.0873. The largest absolute Gasteiger partial charge is 0.369 e. The Kier molecular flexibility index (Phi) is 5.98. The molecule has 1 aliphatic rings. The van der Waals surface area contributed by atoms with Gasteiger partial charge in [-0.1, -0.05) is 70.4 Å². The number of ether oxygens (including phenoxy) is 1. The van der Waals surface area contributed by atoms with Crippen LogP contribution in [0.2, 0.25) is 0 Å². The summed E-state index contributed by atoms with van der Waals surface area (Å²) in [5, 5.41) is 0. The monoisotopic (exact) mass is 457 g/mol. The van der Waals surface area contributed by atoms with Gasteiger partial charge in [-0.2, -0.15) is 0 Å². The highest BCUT2D eigenvalue weighted by molar-refractivity contribution is 8.04. The fourth-order valence-corrected chi connectivity index (χ4v) is 7.59. The molecule has 1 unspecified atom stereocenters. The van der Waals surface area contributed by atoms with Gasteiger partial charge in [-0.25, -0.2) is 16.8 Å². The number of hydrogen-bond acceptors (Lipinski definition) is 5. The van der Waals surface area contributed by atoms with E-state index in [4.69, 9.17) is 4.74 Å². The van der Waals surface area contributed by atoms with E-state index in [-0.39, 0.29) is 16.3 Å². The van der Waals surface area contributed by atoms with Crippen LogP contribution < -0.4 is 0 Å². The molecule has 0 N–H and O–H groups in total. The second-order valence-corrected chi connectivity index (χ2v) is 11.3. The number of nitrogens with zero attached hydrogens (tertiary/aromatic N) is 1. The van der Waals surface area contributed by atoms with Gasteiger partial charge in [0.05, 0.1) is 16.3 Å². The predicted molar refractivity (Wildman–Crippen MR) is 117 cm³/mol. The van der Waals surface area contributed by atoms with Crippen LogP contribution in [0.1, 0.15) is 18.4 Å². The molecule has 1 saturated heterocycles. The molecule has 1 atom stereocenters. The molecule has 162 valence electrons. The lowest BCUT2D eigenvalue weighted by Gasteiger charge is -2.34. The molecule has 0 radical (unpaired) electrons. The van der Waals surface area contributed by atoms with Crippen LogP contribution in [0.15, 0.2) is 101 Å². The SMILES string of the molecule is O=S(=O)(c1ccccc1)N(CC1(c2ccccc2)CCCO1)S(=O)(=O)c1ccccc1. The summed E-state index contributed by atoms with van der Waals surface area (Å²) < 4.78 is 61.1. The summed E-state index contributed by atoms with van der Waals surface area (Å²) in [5.74, 6) is 0. The topological polar surface area (TPSA) is 80.8 Å². The van der Waals surface area contributed by atoms with Crippen molar-refractivity contribution in [1.82, 2.24) is 3.71 Å². The molecule has 6 nitrogen and oxygen atoms in total. The summed E-state index contributed by atoms with van der Waals surface area (Å²) in [4.78, 5) is -0.175. The summed E-state index contributed by atoms with van der Waals surface area (Å²) in [7, 11) is -8.75. The van der Waals surface area contributed by atoms with Crippen molar-refractivity contribution in [1.29, 1.82) is 0 Å². The Hall–Kier alpha value is -2.52. The number of rotatable bonds is 7. The fourth-order valence-electron chi connectivity index (χ4n) is 3.81. The highest BCUT2D eigenvalue weighted by Crippen LogP contribution is 2.39. The Bertz CT molecular complexity index is 1150. The zero-order chi connectivity index (χ0) is 22.0. The molecule has 0 aromatic heterocycles. The van der Waals surface area contributed by atoms with Gasteiger partial charge < -0.3 is 4.74 Å². The van der Waals surface area contributed by atoms with Crippen LogP contribution in [-0.2, 0) is 30.4 Å². The number of hydrogen-bond donors (Lipinski definition) is 0. The van der Waals surface area contributed by atoms with Crippen molar-refractivity contribution in [3.8, 4) is 0 Å². The molecular formula is C23H23NO5S2. The van der Waals surface area contributed by atoms with Gasteiger partial charge in [0.1, 0.15) is 5.60 Å². The van der Waals surface area contributed by atoms with Gasteiger partial charge in [-0.05, 0) is 42.7 Å². The third-order valence-electron chi connectivity index (χ3n) is 5.41. The van der Waals surface area contributed by atoms with E-state index in [0.29, 0.717) is 23.2 Å². The van der Waals surface area contributed by atoms with E-state index < -0.39 is 25.6 Å². The average Bonchev–Trinajstić information content (AvgIpc) is 3.29. The second kappa shape index (κ2) is 8.55. The van der Waals surface area contributed by atoms with E-state index in [9.17, 15) is 16.8 Å². The van der Waals surface area contributed by atoms with Gasteiger partial charge in [0.2, 0.25) is 0 Å². The van der Waals surface area contributed by atoms with Crippen molar-refractivity contribution in [3.05, 3.63) is 96.6 Å². The Labute approximate surface area is 183 Å². The second-order valence-electron chi connectivity index (χ2n) is 7.38. The lowest BCUT2D eigenvalue weighted by atomic mass is 9.91. The lowest BCUT2D eigenvalue weighted by molar-refractivity contribution is -0.00454. The highest BCUT2D eigenvalue weighted by atomic mass is 32.3. The zero-order valence-corrected chi connectivity index (χ0v) is 18.4. The molecule has 1 heterocycles. The van der Waals surface area contributed by atoms with Gasteiger partial charge in [-0.3, -0.25) is 0 Å². The van der Waals surface area contributed by atoms with E-state index >= 15 is 0 Å². The summed E-state index contributed by atoms with van der Waals surface area (Å²) in [6.07, 6.45) is 1.22. The Morgan fingerprint density at radius 3 is 1.58 bits per heavy atom. The standard InChI is InChI=1S/C23H23NO5S2/c25-30(26,21-13-6-2-7-14-21)24(31(27,28)22-15-8-3-9-16-22)19-23(17-10-18-29-23)20-11-4-1-5-12-20/h1-9,11-16H,10,17-19H2. The first kappa shape index (κ1) is 21.7. The van der Waals surface area contributed by atoms with Gasteiger partial charge in [-0.15, -0.1) is 0 Å². The minimum atomic E-state index is -4.38. The molecule has 1 aliphatic heterocycles. The Balaban J connectivity index is 1.87. The molecule has 0 bridgehead atoms. The van der Waals surface area contributed by atoms with Crippen LogP contribution >= 0.6 is 0 Å². The van der Waals surface area contributed by atoms with E-state index in [2.05, 4.69) is 0 Å². The van der Waals surface area contributed by atoms with Gasteiger partial charge in [0.15, 0.2) is 0 Å². The fraction of sp³-hybridized carbons (Fsp3) is 0.217. The Morgan fingerprint density at radius 1 is 0.710 bits per heavy atom. The van der Waals surface area contributed by atoms with Gasteiger partial charge >= 0.3 is 0 Å².